The van der Waals surface area contributed by atoms with Gasteiger partial charge in [0.25, 0.3) is 0 Å². The lowest BCUT2D eigenvalue weighted by molar-refractivity contribution is 0.262. The molecule has 0 aliphatic rings. The Labute approximate surface area is 120 Å². The molecule has 1 unspecified atom stereocenters. The molecule has 0 radical (unpaired) electrons. The van der Waals surface area contributed by atoms with Crippen molar-refractivity contribution in [3.05, 3.63) is 36.1 Å². The maximum Gasteiger partial charge on any atom is 0.324 e. The molecule has 1 aromatic carbocycles. The van der Waals surface area contributed by atoms with Gasteiger partial charge in [-0.15, -0.1) is 9.24 Å². The number of nitrogens with one attached hydrogen (secondary N) is 2. The van der Waals surface area contributed by atoms with Crippen LogP contribution in [0.4, 0.5) is 16.3 Å². The number of hydrogen-bond acceptors (Lipinski definition) is 3. The van der Waals surface area contributed by atoms with Crippen molar-refractivity contribution in [3.63, 3.8) is 0 Å². The van der Waals surface area contributed by atoms with E-state index in [1.807, 2.05) is 45.0 Å². The van der Waals surface area contributed by atoms with Crippen LogP contribution in [-0.2, 0) is 5.41 Å². The van der Waals surface area contributed by atoms with E-state index in [0.29, 0.717) is 11.5 Å². The summed E-state index contributed by atoms with van der Waals surface area (Å²) in [5.41, 5.74) is 0.575. The van der Waals surface area contributed by atoms with Gasteiger partial charge in [0.2, 0.25) is 0 Å². The van der Waals surface area contributed by atoms with Crippen LogP contribution < -0.4 is 15.9 Å². The monoisotopic (exact) mass is 291 g/mol. The van der Waals surface area contributed by atoms with E-state index >= 15 is 0 Å². The van der Waals surface area contributed by atoms with E-state index in [4.69, 9.17) is 4.52 Å². The van der Waals surface area contributed by atoms with Crippen LogP contribution in [0.25, 0.3) is 0 Å². The number of rotatable bonds is 2. The first-order valence-electron chi connectivity index (χ1n) is 6.25. The Morgan fingerprint density at radius 3 is 2.40 bits per heavy atom. The minimum absolute atomic E-state index is 0.141. The molecule has 2 rings (SSSR count). The fourth-order valence-electron chi connectivity index (χ4n) is 1.53. The normalized spacial score (nSPS) is 11.2. The maximum absolute atomic E-state index is 11.8. The summed E-state index contributed by atoms with van der Waals surface area (Å²) < 4.78 is 5.20. The van der Waals surface area contributed by atoms with E-state index in [0.717, 1.165) is 11.1 Å². The summed E-state index contributed by atoms with van der Waals surface area (Å²) in [6.45, 7) is 6.05. The van der Waals surface area contributed by atoms with Crippen LogP contribution in [0.5, 0.6) is 0 Å². The van der Waals surface area contributed by atoms with Crippen LogP contribution in [0, 0.1) is 0 Å². The molecule has 1 heterocycles. The highest BCUT2D eigenvalue weighted by Crippen LogP contribution is 2.24. The number of nitrogens with zero attached hydrogens (tertiary/aromatic N) is 1. The Morgan fingerprint density at radius 1 is 1.20 bits per heavy atom. The molecule has 0 spiro atoms. The van der Waals surface area contributed by atoms with Gasteiger partial charge < -0.3 is 9.84 Å². The quantitative estimate of drug-likeness (QED) is 0.835. The second kappa shape index (κ2) is 5.63. The van der Waals surface area contributed by atoms with E-state index in [1.54, 1.807) is 6.07 Å². The molecule has 2 N–H and O–H groups in total. The third kappa shape index (κ3) is 3.81. The molecule has 106 valence electrons. The average molecular weight is 291 g/mol. The zero-order valence-corrected chi connectivity index (χ0v) is 12.9. The lowest BCUT2D eigenvalue weighted by Crippen LogP contribution is -2.19. The number of aromatic nitrogens is 1. The van der Waals surface area contributed by atoms with Crippen molar-refractivity contribution >= 4 is 32.1 Å². The number of benzene rings is 1. The van der Waals surface area contributed by atoms with Crippen molar-refractivity contribution in [2.24, 2.45) is 0 Å². The van der Waals surface area contributed by atoms with Gasteiger partial charge >= 0.3 is 6.03 Å². The molecular formula is C14H18N3O2P. The zero-order valence-electron chi connectivity index (χ0n) is 11.7. The summed E-state index contributed by atoms with van der Waals surface area (Å²) in [6.07, 6.45) is 0. The Kier molecular flexibility index (Phi) is 4.09. The number of carbonyl (C=O) groups is 1. The summed E-state index contributed by atoms with van der Waals surface area (Å²) >= 11 is 0. The van der Waals surface area contributed by atoms with Crippen molar-refractivity contribution in [3.8, 4) is 0 Å². The molecule has 5 nitrogen and oxygen atoms in total. The van der Waals surface area contributed by atoms with Gasteiger partial charge in [-0.05, 0) is 17.4 Å². The molecule has 0 saturated heterocycles. The highest BCUT2D eigenvalue weighted by molar-refractivity contribution is 7.27. The number of amides is 2. The van der Waals surface area contributed by atoms with Gasteiger partial charge in [-0.3, -0.25) is 5.32 Å². The zero-order chi connectivity index (χ0) is 14.8. The van der Waals surface area contributed by atoms with Crippen molar-refractivity contribution < 1.29 is 9.32 Å². The smallest absolute Gasteiger partial charge is 0.324 e. The minimum atomic E-state index is -0.352. The first-order valence-corrected chi connectivity index (χ1v) is 6.83. The second-order valence-corrected chi connectivity index (χ2v) is 6.19. The topological polar surface area (TPSA) is 67.2 Å². The second-order valence-electron chi connectivity index (χ2n) is 5.53. The summed E-state index contributed by atoms with van der Waals surface area (Å²) in [6, 6.07) is 8.82. The van der Waals surface area contributed by atoms with Gasteiger partial charge in [0.05, 0.1) is 0 Å². The van der Waals surface area contributed by atoms with Gasteiger partial charge in [-0.1, -0.05) is 38.1 Å². The van der Waals surface area contributed by atoms with E-state index in [1.165, 1.54) is 0 Å². The third-order valence-corrected chi connectivity index (χ3v) is 3.04. The maximum atomic E-state index is 11.8. The van der Waals surface area contributed by atoms with E-state index in [9.17, 15) is 4.79 Å². The van der Waals surface area contributed by atoms with Crippen molar-refractivity contribution in [1.29, 1.82) is 0 Å². The highest BCUT2D eigenvalue weighted by Gasteiger charge is 2.20. The molecule has 2 aromatic rings. The summed E-state index contributed by atoms with van der Waals surface area (Å²) in [7, 11) is 2.59. The first-order chi connectivity index (χ1) is 9.34. The van der Waals surface area contributed by atoms with Crippen molar-refractivity contribution in [2.45, 2.75) is 26.2 Å². The van der Waals surface area contributed by atoms with Gasteiger partial charge in [0, 0.05) is 17.2 Å². The molecular weight excluding hydrogens is 273 g/mol. The van der Waals surface area contributed by atoms with E-state index in [2.05, 4.69) is 25.0 Å². The fourth-order valence-corrected chi connectivity index (χ4v) is 1.73. The molecule has 0 fully saturated rings. The molecule has 2 amide bonds. The molecule has 6 heteroatoms. The Balaban J connectivity index is 1.98. The predicted octanol–water partition coefficient (Wildman–Crippen LogP) is 3.12. The lowest BCUT2D eigenvalue weighted by Gasteiger charge is -2.12. The molecule has 0 bridgehead atoms. The molecule has 20 heavy (non-hydrogen) atoms. The Morgan fingerprint density at radius 2 is 1.85 bits per heavy atom. The van der Waals surface area contributed by atoms with E-state index < -0.39 is 0 Å². The van der Waals surface area contributed by atoms with E-state index in [-0.39, 0.29) is 11.4 Å². The molecule has 1 aromatic heterocycles. The molecule has 0 aliphatic heterocycles. The first kappa shape index (κ1) is 14.5. The van der Waals surface area contributed by atoms with Gasteiger partial charge in [-0.25, -0.2) is 4.79 Å². The van der Waals surface area contributed by atoms with Crippen LogP contribution in [0.2, 0.25) is 0 Å². The molecule has 0 aliphatic carbocycles. The van der Waals surface area contributed by atoms with Gasteiger partial charge in [-0.2, -0.15) is 0 Å². The molecule has 1 atom stereocenters. The van der Waals surface area contributed by atoms with Crippen LogP contribution in [0.15, 0.2) is 34.9 Å². The molecule has 0 saturated carbocycles. The number of carbonyl (C=O) groups excluding carboxylic acids is 1. The number of hydrogen-bond donors (Lipinski definition) is 2. The van der Waals surface area contributed by atoms with Crippen molar-refractivity contribution in [2.75, 3.05) is 10.6 Å². The van der Waals surface area contributed by atoms with Crippen LogP contribution >= 0.6 is 9.24 Å². The average Bonchev–Trinajstić information content (AvgIpc) is 2.80. The number of urea groups is 1. The van der Waals surface area contributed by atoms with Crippen LogP contribution in [0.1, 0.15) is 26.5 Å². The summed E-state index contributed by atoms with van der Waals surface area (Å²) in [5.74, 6) is 1.12. The van der Waals surface area contributed by atoms with Crippen molar-refractivity contribution in [1.82, 2.24) is 5.16 Å². The lowest BCUT2D eigenvalue weighted by atomic mass is 9.93. The fraction of sp³-hybridized carbons (Fsp3) is 0.286. The summed E-state index contributed by atoms with van der Waals surface area (Å²) in [5, 5.41) is 10.2. The highest BCUT2D eigenvalue weighted by atomic mass is 31.0. The van der Waals surface area contributed by atoms with Crippen LogP contribution in [-0.4, -0.2) is 11.2 Å². The van der Waals surface area contributed by atoms with Crippen LogP contribution in [0.3, 0.4) is 0 Å². The predicted molar refractivity (Wildman–Crippen MR) is 83.6 cm³/mol. The van der Waals surface area contributed by atoms with Gasteiger partial charge in [0.1, 0.15) is 5.76 Å². The number of anilines is 2. The summed E-state index contributed by atoms with van der Waals surface area (Å²) in [4.78, 5) is 11.8. The Hall–Kier alpha value is -1.87. The SMILES string of the molecule is CC(C)(C)c1cc(NC(=O)Nc2ccc(P)cc2)no1. The Bertz CT molecular complexity index is 600. The van der Waals surface area contributed by atoms with Gasteiger partial charge in [0.15, 0.2) is 5.82 Å². The minimum Gasteiger partial charge on any atom is -0.359 e. The largest absolute Gasteiger partial charge is 0.359 e. The standard InChI is InChI=1S/C14H18N3O2P/c1-14(2,3)11-8-12(17-19-11)16-13(18)15-9-4-6-10(20)7-5-9/h4-8H,20H2,1-3H3,(H2,15,16,17,18). The third-order valence-electron chi connectivity index (χ3n) is 2.66.